The minimum absolute atomic E-state index is 0.000558. The number of nitrogen functional groups attached to an aromatic ring is 2. The Kier molecular flexibility index (Phi) is 13.4. The maximum Gasteiger partial charge on any atom is 0.433 e. The molecule has 2 aliphatic heterocycles. The first kappa shape index (κ1) is 47.2. The molecule has 9 rings (SSSR count). The first-order valence-corrected chi connectivity index (χ1v) is 19.9. The highest BCUT2D eigenvalue weighted by molar-refractivity contribution is 6.33. The highest BCUT2D eigenvalue weighted by atomic mass is 35.5. The van der Waals surface area contributed by atoms with Crippen molar-refractivity contribution in [3.8, 4) is 34.4 Å². The first-order chi connectivity index (χ1) is 31.7. The Morgan fingerprint density at radius 1 is 0.642 bits per heavy atom. The molecule has 0 aliphatic carbocycles. The number of amides is 2. The van der Waals surface area contributed by atoms with Gasteiger partial charge in [0.1, 0.15) is 17.2 Å². The molecule has 0 atom stereocenters. The van der Waals surface area contributed by atoms with Crippen LogP contribution in [0.3, 0.4) is 0 Å². The van der Waals surface area contributed by atoms with E-state index in [-0.39, 0.29) is 46.7 Å². The molecule has 0 unspecified atom stereocenters. The van der Waals surface area contributed by atoms with Crippen LogP contribution in [-0.2, 0) is 12.4 Å². The number of nitrogens with zero attached hydrogens (tertiary/aromatic N) is 3. The van der Waals surface area contributed by atoms with Crippen molar-refractivity contribution in [1.82, 2.24) is 19.9 Å². The van der Waals surface area contributed by atoms with Gasteiger partial charge < -0.3 is 46.0 Å². The molecule has 0 bridgehead atoms. The van der Waals surface area contributed by atoms with Crippen LogP contribution in [0.4, 0.5) is 49.1 Å². The highest BCUT2D eigenvalue weighted by Gasteiger charge is 2.34. The number of imidazole rings is 1. The summed E-state index contributed by atoms with van der Waals surface area (Å²) in [7, 11) is 0. The van der Waals surface area contributed by atoms with Gasteiger partial charge in [0, 0.05) is 46.8 Å². The number of ether oxygens (including phenoxy) is 4. The monoisotopic (exact) mass is 968 g/mol. The van der Waals surface area contributed by atoms with Crippen LogP contribution in [-0.4, -0.2) is 51.6 Å². The Bertz CT molecular complexity index is 3010. The van der Waals surface area contributed by atoms with Gasteiger partial charge in [-0.25, -0.2) is 15.0 Å². The second-order valence-electron chi connectivity index (χ2n) is 14.3. The van der Waals surface area contributed by atoms with Crippen LogP contribution in [0.25, 0.3) is 22.4 Å². The highest BCUT2D eigenvalue weighted by Crippen LogP contribution is 2.39. The second kappa shape index (κ2) is 19.0. The van der Waals surface area contributed by atoms with E-state index >= 15 is 0 Å². The molecule has 2 aliphatic rings. The van der Waals surface area contributed by atoms with Gasteiger partial charge in [0.25, 0.3) is 11.8 Å². The third kappa shape index (κ3) is 10.9. The number of nitrogens with one attached hydrogen (secondary N) is 3. The fourth-order valence-corrected chi connectivity index (χ4v) is 6.68. The van der Waals surface area contributed by atoms with Gasteiger partial charge in [-0.15, -0.1) is 0 Å². The zero-order chi connectivity index (χ0) is 48.4. The number of H-pyrrole nitrogens is 1. The average Bonchev–Trinajstić information content (AvgIpc) is 4.03. The van der Waals surface area contributed by atoms with Crippen molar-refractivity contribution in [2.24, 2.45) is 0 Å². The van der Waals surface area contributed by atoms with Gasteiger partial charge in [-0.1, -0.05) is 23.2 Å². The van der Waals surface area contributed by atoms with Crippen molar-refractivity contribution in [2.45, 2.75) is 26.2 Å². The minimum Gasteiger partial charge on any atom is -0.454 e. The van der Waals surface area contributed by atoms with Gasteiger partial charge in [0.05, 0.1) is 55.0 Å². The molecular formula is C44H32Cl2F6N8O7. The molecule has 15 nitrogen and oxygen atoms in total. The van der Waals surface area contributed by atoms with Crippen molar-refractivity contribution >= 4 is 75.1 Å². The molecule has 67 heavy (non-hydrogen) atoms. The number of hydrogen-bond donors (Lipinski definition) is 5. The number of anilines is 4. The quantitative estimate of drug-likeness (QED) is 0.0597. The fraction of sp³-hybridized carbons (Fsp3) is 0.136. The summed E-state index contributed by atoms with van der Waals surface area (Å²) >= 11 is 12.1. The molecule has 0 saturated carbocycles. The molecule has 3 aromatic heterocycles. The van der Waals surface area contributed by atoms with Crippen LogP contribution in [0.5, 0.6) is 23.0 Å². The van der Waals surface area contributed by atoms with Gasteiger partial charge in [-0.3, -0.25) is 14.4 Å². The number of halogens is 8. The van der Waals surface area contributed by atoms with Crippen molar-refractivity contribution < 1.29 is 59.7 Å². The van der Waals surface area contributed by atoms with E-state index in [4.69, 9.17) is 53.6 Å². The predicted octanol–water partition coefficient (Wildman–Crippen LogP) is 10.3. The van der Waals surface area contributed by atoms with Gasteiger partial charge in [-0.05, 0) is 74.5 Å². The fourth-order valence-electron chi connectivity index (χ4n) is 6.31. The number of carbonyl (C=O) groups excluding carboxylic acids is 3. The Morgan fingerprint density at radius 3 is 1.58 bits per heavy atom. The van der Waals surface area contributed by atoms with E-state index in [9.17, 15) is 40.7 Å². The van der Waals surface area contributed by atoms with Gasteiger partial charge in [-0.2, -0.15) is 26.3 Å². The number of aromatic nitrogens is 4. The Morgan fingerprint density at radius 2 is 1.10 bits per heavy atom. The number of aromatic amines is 1. The molecule has 4 aromatic carbocycles. The number of pyridine rings is 2. The number of rotatable bonds is 6. The Labute approximate surface area is 384 Å². The summed E-state index contributed by atoms with van der Waals surface area (Å²) in [5.41, 5.74) is 12.7. The maximum atomic E-state index is 12.8. The predicted molar refractivity (Wildman–Crippen MR) is 235 cm³/mol. The van der Waals surface area contributed by atoms with E-state index in [1.807, 2.05) is 0 Å². The van der Waals surface area contributed by atoms with Crippen LogP contribution in [0.15, 0.2) is 84.9 Å². The molecule has 0 saturated heterocycles. The SMILES string of the molecule is Cc1nc(C(F)(F)F)ccc1C(=O)Nc1ccc(Cl)c(-c2nc3cc4c(cc3[nH]2)OCO4)c1.Cc1nc(C(F)(F)F)ccc1C(=O)Nc1ccc(Cl)c(C=O)c1.Nc1cc2c(cc1N)OCO2. The number of hydrogen-bond acceptors (Lipinski definition) is 12. The van der Waals surface area contributed by atoms with E-state index in [1.54, 1.807) is 42.5 Å². The van der Waals surface area contributed by atoms with Crippen LogP contribution in [0, 0.1) is 13.8 Å². The summed E-state index contributed by atoms with van der Waals surface area (Å²) in [5, 5.41) is 5.76. The summed E-state index contributed by atoms with van der Waals surface area (Å²) in [6.07, 6.45) is -8.63. The first-order valence-electron chi connectivity index (χ1n) is 19.2. The van der Waals surface area contributed by atoms with Crippen LogP contribution < -0.4 is 41.0 Å². The second-order valence-corrected chi connectivity index (χ2v) is 15.1. The zero-order valence-electron chi connectivity index (χ0n) is 34.5. The Balaban J connectivity index is 0.000000169. The third-order valence-corrected chi connectivity index (χ3v) is 10.3. The van der Waals surface area contributed by atoms with E-state index in [2.05, 4.69) is 30.6 Å². The van der Waals surface area contributed by atoms with E-state index in [0.29, 0.717) is 79.5 Å². The van der Waals surface area contributed by atoms with Crippen LogP contribution in [0.1, 0.15) is 53.8 Å². The van der Waals surface area contributed by atoms with Crippen LogP contribution >= 0.6 is 23.2 Å². The Hall–Kier alpha value is -7.78. The van der Waals surface area contributed by atoms with Crippen molar-refractivity contribution in [3.63, 3.8) is 0 Å². The molecule has 7 aromatic rings. The lowest BCUT2D eigenvalue weighted by atomic mass is 10.1. The number of alkyl halides is 6. The molecular weight excluding hydrogens is 937 g/mol. The molecule has 23 heteroatoms. The zero-order valence-corrected chi connectivity index (χ0v) is 36.0. The van der Waals surface area contributed by atoms with Gasteiger partial charge in [0.15, 0.2) is 29.3 Å². The van der Waals surface area contributed by atoms with E-state index in [0.717, 1.165) is 24.3 Å². The molecule has 7 N–H and O–H groups in total. The number of nitrogens with two attached hydrogens (primary N) is 2. The lowest BCUT2D eigenvalue weighted by Crippen LogP contribution is -2.16. The summed E-state index contributed by atoms with van der Waals surface area (Å²) in [5.74, 6) is 1.74. The molecule has 0 fully saturated rings. The number of benzene rings is 4. The van der Waals surface area contributed by atoms with Gasteiger partial charge in [0.2, 0.25) is 13.6 Å². The lowest BCUT2D eigenvalue weighted by Gasteiger charge is -2.11. The summed E-state index contributed by atoms with van der Waals surface area (Å²) in [6.45, 7) is 3.05. The number of aryl methyl sites for hydroxylation is 2. The summed E-state index contributed by atoms with van der Waals surface area (Å²) < 4.78 is 97.1. The summed E-state index contributed by atoms with van der Waals surface area (Å²) in [4.78, 5) is 50.2. The van der Waals surface area contributed by atoms with Crippen molar-refractivity contribution in [1.29, 1.82) is 0 Å². The largest absolute Gasteiger partial charge is 0.454 e. The maximum absolute atomic E-state index is 12.8. The molecule has 2 amide bonds. The van der Waals surface area contributed by atoms with Crippen molar-refractivity contribution in [2.75, 3.05) is 35.7 Å². The minimum atomic E-state index is -4.59. The molecule has 0 radical (unpaired) electrons. The topological polar surface area (TPSA) is 219 Å². The van der Waals surface area contributed by atoms with Crippen molar-refractivity contribution in [3.05, 3.63) is 134 Å². The molecule has 346 valence electrons. The van der Waals surface area contributed by atoms with Crippen LogP contribution in [0.2, 0.25) is 10.0 Å². The smallest absolute Gasteiger partial charge is 0.433 e. The lowest BCUT2D eigenvalue weighted by molar-refractivity contribution is -0.142. The average molecular weight is 970 g/mol. The number of carbonyl (C=O) groups is 3. The number of fused-ring (bicyclic) bond motifs is 3. The van der Waals surface area contributed by atoms with E-state index < -0.39 is 35.6 Å². The molecule has 0 spiro atoms. The van der Waals surface area contributed by atoms with Gasteiger partial charge >= 0.3 is 12.4 Å². The third-order valence-electron chi connectivity index (χ3n) is 9.66. The van der Waals surface area contributed by atoms with E-state index in [1.165, 1.54) is 32.0 Å². The standard InChI is InChI=1S/C22H14ClF3N4O3.C15H10ClF3N2O2.C7H8N2O2/c1-10-12(3-5-19(27-10)22(24,25)26)21(31)28-11-2-4-14(23)13(6-11)20-29-15-7-17-18(33-9-32-17)8-16(15)30-20;1-8-11(3-5-13(20-8)15(17,18)19)14(23)21-10-2-4-12(16)9(6-10)7-22;8-4-1-6-7(2-5(4)9)11-3-10-6/h2-8H,9H2,1H3,(H,28,31)(H,29,30);2-7H,1H3,(H,21,23);1-2H,3,8-9H2. The normalized spacial score (nSPS) is 12.4. The number of aldehydes is 1. The molecule has 5 heterocycles. The summed E-state index contributed by atoms with van der Waals surface area (Å²) in [6, 6.07) is 19.6.